The van der Waals surface area contributed by atoms with Gasteiger partial charge in [-0.25, -0.2) is 9.69 Å². The molecule has 2 aromatic carbocycles. The number of halogens is 2. The minimum absolute atomic E-state index is 0.292. The maximum Gasteiger partial charge on any atom is 0.336 e. The summed E-state index contributed by atoms with van der Waals surface area (Å²) in [6.07, 6.45) is 0. The van der Waals surface area contributed by atoms with Crippen LogP contribution in [0.15, 0.2) is 48.5 Å². The number of hydrogen-bond donors (Lipinski definition) is 0. The fourth-order valence-electron chi connectivity index (χ4n) is 2.64. The Bertz CT molecular complexity index is 770. The van der Waals surface area contributed by atoms with E-state index in [9.17, 15) is 9.59 Å². The number of benzene rings is 2. The average molecular weight is 349 g/mol. The summed E-state index contributed by atoms with van der Waals surface area (Å²) in [5.74, 6) is -0.292. The molecule has 0 bridgehead atoms. The maximum atomic E-state index is 12.9. The Labute approximate surface area is 144 Å². The molecular formula is C17H14Cl2N2O2. The van der Waals surface area contributed by atoms with Crippen LogP contribution >= 0.6 is 23.2 Å². The molecule has 0 N–H and O–H groups in total. The fourth-order valence-corrected chi connectivity index (χ4v) is 2.89. The van der Waals surface area contributed by atoms with Crippen molar-refractivity contribution in [3.8, 4) is 0 Å². The molecule has 2 aromatic rings. The van der Waals surface area contributed by atoms with E-state index in [-0.39, 0.29) is 5.91 Å². The molecule has 0 aromatic heterocycles. The van der Waals surface area contributed by atoms with E-state index in [1.807, 2.05) is 0 Å². The third-order valence-corrected chi connectivity index (χ3v) is 4.34. The summed E-state index contributed by atoms with van der Waals surface area (Å²) in [4.78, 5) is 28.3. The zero-order valence-electron chi connectivity index (χ0n) is 12.6. The van der Waals surface area contributed by atoms with Crippen molar-refractivity contribution in [1.82, 2.24) is 0 Å². The first-order valence-corrected chi connectivity index (χ1v) is 7.78. The minimum atomic E-state index is -0.995. The monoisotopic (exact) mass is 348 g/mol. The molecule has 1 heterocycles. The molecule has 0 atom stereocenters. The molecule has 1 saturated heterocycles. The summed E-state index contributed by atoms with van der Waals surface area (Å²) >= 11 is 11.8. The Hall–Kier alpha value is -2.04. The molecule has 1 aliphatic rings. The van der Waals surface area contributed by atoms with E-state index in [1.165, 1.54) is 9.80 Å². The molecule has 0 aliphatic carbocycles. The molecule has 0 spiro atoms. The summed E-state index contributed by atoms with van der Waals surface area (Å²) < 4.78 is 0. The Kier molecular flexibility index (Phi) is 3.82. The zero-order chi connectivity index (χ0) is 16.8. The van der Waals surface area contributed by atoms with Gasteiger partial charge in [0.15, 0.2) is 0 Å². The Morgan fingerprint density at radius 1 is 0.783 bits per heavy atom. The number of carbonyl (C=O) groups excluding carboxylic acids is 2. The van der Waals surface area contributed by atoms with Crippen molar-refractivity contribution in [2.24, 2.45) is 0 Å². The topological polar surface area (TPSA) is 40.6 Å². The number of amides is 3. The van der Waals surface area contributed by atoms with Gasteiger partial charge >= 0.3 is 6.03 Å². The molecule has 3 rings (SSSR count). The molecule has 0 saturated carbocycles. The zero-order valence-corrected chi connectivity index (χ0v) is 14.1. The number of carbonyl (C=O) groups is 2. The first-order valence-electron chi connectivity index (χ1n) is 7.02. The lowest BCUT2D eigenvalue weighted by molar-refractivity contribution is -0.120. The number of anilines is 2. The SMILES string of the molecule is CC1(C)C(=O)N(c2ccc(Cl)cc2)C(=O)N1c1ccc(Cl)cc1. The van der Waals surface area contributed by atoms with Gasteiger partial charge in [-0.15, -0.1) is 0 Å². The van der Waals surface area contributed by atoms with E-state index in [0.717, 1.165) is 0 Å². The third-order valence-electron chi connectivity index (χ3n) is 3.84. The van der Waals surface area contributed by atoms with E-state index in [0.29, 0.717) is 21.4 Å². The number of hydrogen-bond acceptors (Lipinski definition) is 2. The summed E-state index contributed by atoms with van der Waals surface area (Å²) in [6, 6.07) is 13.0. The van der Waals surface area contributed by atoms with Gasteiger partial charge < -0.3 is 0 Å². The summed E-state index contributed by atoms with van der Waals surface area (Å²) in [5, 5.41) is 1.11. The van der Waals surface area contributed by atoms with Crippen molar-refractivity contribution >= 4 is 46.5 Å². The van der Waals surface area contributed by atoms with Crippen LogP contribution in [0.4, 0.5) is 16.2 Å². The summed E-state index contributed by atoms with van der Waals surface area (Å²) in [7, 11) is 0. The molecule has 1 aliphatic heterocycles. The fraction of sp³-hybridized carbons (Fsp3) is 0.176. The van der Waals surface area contributed by atoms with Crippen molar-refractivity contribution in [1.29, 1.82) is 0 Å². The summed E-state index contributed by atoms with van der Waals surface area (Å²) in [6.45, 7) is 3.44. The molecular weight excluding hydrogens is 335 g/mol. The summed E-state index contributed by atoms with van der Waals surface area (Å²) in [5.41, 5.74) is 0.119. The predicted octanol–water partition coefficient (Wildman–Crippen LogP) is 4.75. The van der Waals surface area contributed by atoms with Crippen LogP contribution in [0.1, 0.15) is 13.8 Å². The minimum Gasteiger partial charge on any atom is -0.279 e. The van der Waals surface area contributed by atoms with Crippen LogP contribution in [-0.4, -0.2) is 17.5 Å². The van der Waals surface area contributed by atoms with Crippen LogP contribution in [0, 0.1) is 0 Å². The Morgan fingerprint density at radius 3 is 1.70 bits per heavy atom. The molecule has 0 radical (unpaired) electrons. The van der Waals surface area contributed by atoms with Crippen molar-refractivity contribution in [2.45, 2.75) is 19.4 Å². The number of urea groups is 1. The van der Waals surface area contributed by atoms with Gasteiger partial charge in [-0.1, -0.05) is 23.2 Å². The molecule has 4 nitrogen and oxygen atoms in total. The van der Waals surface area contributed by atoms with Crippen LogP contribution in [0.3, 0.4) is 0 Å². The predicted molar refractivity (Wildman–Crippen MR) is 92.3 cm³/mol. The van der Waals surface area contributed by atoms with Crippen molar-refractivity contribution in [2.75, 3.05) is 9.80 Å². The first-order chi connectivity index (χ1) is 10.8. The normalized spacial score (nSPS) is 17.0. The van der Waals surface area contributed by atoms with Crippen molar-refractivity contribution in [3.05, 3.63) is 58.6 Å². The lowest BCUT2D eigenvalue weighted by Crippen LogP contribution is -2.44. The van der Waals surface area contributed by atoms with Gasteiger partial charge in [0.25, 0.3) is 5.91 Å². The van der Waals surface area contributed by atoms with Crippen molar-refractivity contribution in [3.63, 3.8) is 0 Å². The quantitative estimate of drug-likeness (QED) is 0.735. The number of nitrogens with zero attached hydrogens (tertiary/aromatic N) is 2. The van der Waals surface area contributed by atoms with Crippen LogP contribution in [-0.2, 0) is 4.79 Å². The van der Waals surface area contributed by atoms with Gasteiger partial charge in [0.05, 0.1) is 5.69 Å². The Balaban J connectivity index is 2.05. The van der Waals surface area contributed by atoms with Crippen LogP contribution < -0.4 is 9.80 Å². The standard InChI is InChI=1S/C17H14Cl2N2O2/c1-17(2)15(22)20(13-7-3-11(18)4-8-13)16(23)21(17)14-9-5-12(19)6-10-14/h3-10H,1-2H3. The van der Waals surface area contributed by atoms with Gasteiger partial charge in [0, 0.05) is 15.7 Å². The van der Waals surface area contributed by atoms with Gasteiger partial charge in [-0.2, -0.15) is 0 Å². The van der Waals surface area contributed by atoms with E-state index in [1.54, 1.807) is 62.4 Å². The van der Waals surface area contributed by atoms with Crippen molar-refractivity contribution < 1.29 is 9.59 Å². The van der Waals surface area contributed by atoms with Crippen LogP contribution in [0.25, 0.3) is 0 Å². The largest absolute Gasteiger partial charge is 0.336 e. The Morgan fingerprint density at radius 2 is 1.22 bits per heavy atom. The first kappa shape index (κ1) is 15.8. The van der Waals surface area contributed by atoms with E-state index in [2.05, 4.69) is 0 Å². The second-order valence-corrected chi connectivity index (χ2v) is 6.64. The number of imide groups is 1. The highest BCUT2D eigenvalue weighted by molar-refractivity contribution is 6.32. The van der Waals surface area contributed by atoms with E-state index in [4.69, 9.17) is 23.2 Å². The highest BCUT2D eigenvalue weighted by Gasteiger charge is 2.52. The molecule has 23 heavy (non-hydrogen) atoms. The van der Waals surface area contributed by atoms with Gasteiger partial charge in [-0.3, -0.25) is 9.69 Å². The lowest BCUT2D eigenvalue weighted by atomic mass is 10.0. The highest BCUT2D eigenvalue weighted by atomic mass is 35.5. The molecule has 0 unspecified atom stereocenters. The molecule has 3 amide bonds. The van der Waals surface area contributed by atoms with E-state index < -0.39 is 11.6 Å². The average Bonchev–Trinajstić information content (AvgIpc) is 2.68. The van der Waals surface area contributed by atoms with Crippen LogP contribution in [0.2, 0.25) is 10.0 Å². The molecule has 6 heteroatoms. The third kappa shape index (κ3) is 2.58. The van der Waals surface area contributed by atoms with E-state index >= 15 is 0 Å². The smallest absolute Gasteiger partial charge is 0.279 e. The molecule has 118 valence electrons. The second-order valence-electron chi connectivity index (χ2n) is 5.77. The molecule has 1 fully saturated rings. The second kappa shape index (κ2) is 5.55. The van der Waals surface area contributed by atoms with Gasteiger partial charge in [0.2, 0.25) is 0 Å². The number of rotatable bonds is 2. The maximum absolute atomic E-state index is 12.9. The van der Waals surface area contributed by atoms with Crippen LogP contribution in [0.5, 0.6) is 0 Å². The highest BCUT2D eigenvalue weighted by Crippen LogP contribution is 2.36. The van der Waals surface area contributed by atoms with Gasteiger partial charge in [-0.05, 0) is 62.4 Å². The lowest BCUT2D eigenvalue weighted by Gasteiger charge is -2.27. The van der Waals surface area contributed by atoms with Gasteiger partial charge in [0.1, 0.15) is 5.54 Å².